The Kier molecular flexibility index (Phi) is 4.38. The average Bonchev–Trinajstić information content (AvgIpc) is 2.37. The van der Waals surface area contributed by atoms with Gasteiger partial charge < -0.3 is 0 Å². The number of benzene rings is 1. The highest BCUT2D eigenvalue weighted by atomic mass is 32.2. The van der Waals surface area contributed by atoms with Crippen LogP contribution in [0.1, 0.15) is 11.1 Å². The molecule has 0 amide bonds. The average molecular weight is 297 g/mol. The summed E-state index contributed by atoms with van der Waals surface area (Å²) in [4.78, 5) is 2.05. The van der Waals surface area contributed by atoms with Gasteiger partial charge in [0.05, 0.1) is 17.9 Å². The highest BCUT2D eigenvalue weighted by molar-refractivity contribution is 7.88. The summed E-state index contributed by atoms with van der Waals surface area (Å²) in [6, 6.07) is 6.19. The second-order valence-electron chi connectivity index (χ2n) is 4.90. The van der Waals surface area contributed by atoms with Crippen LogP contribution >= 0.6 is 0 Å². The Hall–Kier alpha value is -1.49. The number of hydrogen-bond acceptors (Lipinski definition) is 4. The summed E-state index contributed by atoms with van der Waals surface area (Å²) in [6.07, 6.45) is 1.20. The van der Waals surface area contributed by atoms with Crippen LogP contribution in [0.25, 0.3) is 0 Å². The minimum absolute atomic E-state index is 0.301. The number of nitrogens with zero attached hydrogens (tertiary/aromatic N) is 3. The molecule has 0 atom stereocenters. The molecule has 0 radical (unpaired) electrons. The number of sulfonamides is 1. The lowest BCUT2D eigenvalue weighted by atomic mass is 10.1. The molecule has 7 heteroatoms. The molecular formula is C13H16FN3O2S. The molecule has 0 bridgehead atoms. The van der Waals surface area contributed by atoms with Gasteiger partial charge in [-0.2, -0.15) is 9.57 Å². The van der Waals surface area contributed by atoms with Crippen molar-refractivity contribution >= 4 is 10.0 Å². The van der Waals surface area contributed by atoms with Gasteiger partial charge in [0.25, 0.3) is 0 Å². The minimum atomic E-state index is -3.14. The zero-order valence-corrected chi connectivity index (χ0v) is 12.0. The van der Waals surface area contributed by atoms with Gasteiger partial charge in [-0.25, -0.2) is 12.8 Å². The maximum absolute atomic E-state index is 13.3. The Morgan fingerprint density at radius 3 is 2.45 bits per heavy atom. The first-order chi connectivity index (χ1) is 9.38. The largest absolute Gasteiger partial charge is 0.296 e. The maximum atomic E-state index is 13.3. The van der Waals surface area contributed by atoms with Crippen molar-refractivity contribution in [2.24, 2.45) is 0 Å². The lowest BCUT2D eigenvalue weighted by Crippen LogP contribution is -2.47. The van der Waals surface area contributed by atoms with E-state index in [1.807, 2.05) is 6.07 Å². The second kappa shape index (κ2) is 5.87. The highest BCUT2D eigenvalue weighted by Gasteiger charge is 2.23. The Morgan fingerprint density at radius 2 is 1.90 bits per heavy atom. The summed E-state index contributed by atoms with van der Waals surface area (Å²) in [5.74, 6) is -0.422. The predicted molar refractivity (Wildman–Crippen MR) is 72.8 cm³/mol. The van der Waals surface area contributed by atoms with E-state index in [-0.39, 0.29) is 0 Å². The molecule has 1 heterocycles. The van der Waals surface area contributed by atoms with Gasteiger partial charge in [0.15, 0.2) is 0 Å². The van der Waals surface area contributed by atoms with Crippen LogP contribution in [0, 0.1) is 17.1 Å². The van der Waals surface area contributed by atoms with Crippen LogP contribution in [0.5, 0.6) is 0 Å². The summed E-state index contributed by atoms with van der Waals surface area (Å²) in [5.41, 5.74) is 1.03. The minimum Gasteiger partial charge on any atom is -0.296 e. The van der Waals surface area contributed by atoms with Crippen molar-refractivity contribution in [3.63, 3.8) is 0 Å². The molecule has 20 heavy (non-hydrogen) atoms. The first-order valence-corrected chi connectivity index (χ1v) is 8.10. The van der Waals surface area contributed by atoms with Crippen molar-refractivity contribution in [1.82, 2.24) is 9.21 Å². The maximum Gasteiger partial charge on any atom is 0.211 e. The standard InChI is InChI=1S/C13H16FN3O2S/c1-20(18,19)17-4-2-16(3-5-17)10-12-6-11(9-15)7-13(14)8-12/h6-8H,2-5,10H2,1H3. The fraction of sp³-hybridized carbons (Fsp3) is 0.462. The number of hydrogen-bond donors (Lipinski definition) is 0. The summed E-state index contributed by atoms with van der Waals surface area (Å²) in [6.45, 7) is 2.61. The van der Waals surface area contributed by atoms with Gasteiger partial charge >= 0.3 is 0 Å². The van der Waals surface area contributed by atoms with E-state index in [1.54, 1.807) is 6.07 Å². The van der Waals surface area contributed by atoms with Crippen molar-refractivity contribution in [3.05, 3.63) is 35.1 Å². The molecule has 0 unspecified atom stereocenters. The number of piperazine rings is 1. The van der Waals surface area contributed by atoms with E-state index in [4.69, 9.17) is 5.26 Å². The molecule has 1 saturated heterocycles. The van der Waals surface area contributed by atoms with Crippen molar-refractivity contribution in [2.45, 2.75) is 6.54 Å². The molecule has 0 aromatic heterocycles. The van der Waals surface area contributed by atoms with Gasteiger partial charge in [-0.1, -0.05) is 0 Å². The smallest absolute Gasteiger partial charge is 0.211 e. The van der Waals surface area contributed by atoms with Crippen LogP contribution in [-0.2, 0) is 16.6 Å². The van der Waals surface area contributed by atoms with Crippen molar-refractivity contribution in [1.29, 1.82) is 5.26 Å². The van der Waals surface area contributed by atoms with Gasteiger partial charge in [0.2, 0.25) is 10.0 Å². The van der Waals surface area contributed by atoms with Gasteiger partial charge in [0, 0.05) is 32.7 Å². The SMILES string of the molecule is CS(=O)(=O)N1CCN(Cc2cc(F)cc(C#N)c2)CC1. The van der Waals surface area contributed by atoms with Crippen LogP contribution in [0.2, 0.25) is 0 Å². The van der Waals surface area contributed by atoms with Crippen LogP contribution in [0.4, 0.5) is 4.39 Å². The molecular weight excluding hydrogens is 281 g/mol. The summed E-state index contributed by atoms with van der Waals surface area (Å²) < 4.78 is 37.6. The van der Waals surface area contributed by atoms with Crippen LogP contribution in [0.3, 0.4) is 0 Å². The molecule has 108 valence electrons. The molecule has 0 saturated carbocycles. The van der Waals surface area contributed by atoms with Gasteiger partial charge in [-0.15, -0.1) is 0 Å². The zero-order valence-electron chi connectivity index (χ0n) is 11.2. The molecule has 2 rings (SSSR count). The molecule has 1 aliphatic rings. The van der Waals surface area contributed by atoms with Crippen LogP contribution in [-0.4, -0.2) is 50.1 Å². The highest BCUT2D eigenvalue weighted by Crippen LogP contribution is 2.13. The Labute approximate surface area is 118 Å². The van der Waals surface area contributed by atoms with E-state index in [9.17, 15) is 12.8 Å². The van der Waals surface area contributed by atoms with E-state index < -0.39 is 15.8 Å². The Bertz CT molecular complexity index is 632. The first-order valence-electron chi connectivity index (χ1n) is 6.25. The molecule has 1 aromatic rings. The molecule has 5 nitrogen and oxygen atoms in total. The molecule has 1 aliphatic heterocycles. The van der Waals surface area contributed by atoms with Crippen LogP contribution < -0.4 is 0 Å². The van der Waals surface area contributed by atoms with E-state index in [1.165, 1.54) is 22.7 Å². The fourth-order valence-corrected chi connectivity index (χ4v) is 3.11. The Balaban J connectivity index is 2.00. The third-order valence-corrected chi connectivity index (χ3v) is 4.60. The van der Waals surface area contributed by atoms with E-state index in [0.717, 1.165) is 5.56 Å². The summed E-state index contributed by atoms with van der Waals surface area (Å²) >= 11 is 0. The normalized spacial score (nSPS) is 17.9. The van der Waals surface area contributed by atoms with Gasteiger partial charge in [-0.05, 0) is 23.8 Å². The lowest BCUT2D eigenvalue weighted by molar-refractivity contribution is 0.182. The zero-order chi connectivity index (χ0) is 14.8. The fourth-order valence-electron chi connectivity index (χ4n) is 2.28. The van der Waals surface area contributed by atoms with Gasteiger partial charge in [-0.3, -0.25) is 4.90 Å². The van der Waals surface area contributed by atoms with E-state index in [2.05, 4.69) is 4.90 Å². The van der Waals surface area contributed by atoms with Gasteiger partial charge in [0.1, 0.15) is 5.82 Å². The van der Waals surface area contributed by atoms with E-state index >= 15 is 0 Å². The lowest BCUT2D eigenvalue weighted by Gasteiger charge is -2.33. The van der Waals surface area contributed by atoms with Crippen molar-refractivity contribution in [3.8, 4) is 6.07 Å². The molecule has 1 fully saturated rings. The summed E-state index contributed by atoms with van der Waals surface area (Å²) in [7, 11) is -3.14. The topological polar surface area (TPSA) is 64.4 Å². The monoisotopic (exact) mass is 297 g/mol. The van der Waals surface area contributed by atoms with E-state index in [0.29, 0.717) is 38.3 Å². The summed E-state index contributed by atoms with van der Waals surface area (Å²) in [5, 5.41) is 8.81. The van der Waals surface area contributed by atoms with Crippen LogP contribution in [0.15, 0.2) is 18.2 Å². The number of rotatable bonds is 3. The molecule has 0 spiro atoms. The number of halogens is 1. The molecule has 0 N–H and O–H groups in total. The third kappa shape index (κ3) is 3.76. The third-order valence-electron chi connectivity index (χ3n) is 3.29. The molecule has 0 aliphatic carbocycles. The molecule has 1 aromatic carbocycles. The van der Waals surface area contributed by atoms with Crippen molar-refractivity contribution < 1.29 is 12.8 Å². The Morgan fingerprint density at radius 1 is 1.25 bits per heavy atom. The predicted octanol–water partition coefficient (Wildman–Crippen LogP) is 0.775. The second-order valence-corrected chi connectivity index (χ2v) is 6.88. The quantitative estimate of drug-likeness (QED) is 0.827. The first kappa shape index (κ1) is 14.9. The number of nitriles is 1. The van der Waals surface area contributed by atoms with Crippen molar-refractivity contribution in [2.75, 3.05) is 32.4 Å².